The van der Waals surface area contributed by atoms with Gasteiger partial charge >= 0.3 is 0 Å². The fourth-order valence-corrected chi connectivity index (χ4v) is 2.17. The Hall–Kier alpha value is -2.64. The highest BCUT2D eigenvalue weighted by Crippen LogP contribution is 2.17. The maximum Gasteiger partial charge on any atom is 0.273 e. The molecule has 0 saturated carbocycles. The molecule has 2 amide bonds. The van der Waals surface area contributed by atoms with Gasteiger partial charge in [0.1, 0.15) is 5.69 Å². The summed E-state index contributed by atoms with van der Waals surface area (Å²) in [6.07, 6.45) is 5.41. The van der Waals surface area contributed by atoms with Crippen LogP contribution in [0.5, 0.6) is 0 Å². The SMILES string of the molecule is CCn1ncc(NC(=O)CCn2cc(C)cn2)c1C(=O)N(C)C. The van der Waals surface area contributed by atoms with Gasteiger partial charge in [-0.05, 0) is 19.4 Å². The number of aryl methyl sites for hydroxylation is 3. The average molecular weight is 318 g/mol. The Kier molecular flexibility index (Phi) is 5.15. The van der Waals surface area contributed by atoms with Gasteiger partial charge in [-0.3, -0.25) is 19.0 Å². The van der Waals surface area contributed by atoms with Crippen molar-refractivity contribution in [3.05, 3.63) is 29.8 Å². The highest BCUT2D eigenvalue weighted by atomic mass is 16.2. The van der Waals surface area contributed by atoms with E-state index >= 15 is 0 Å². The summed E-state index contributed by atoms with van der Waals surface area (Å²) in [4.78, 5) is 25.9. The normalized spacial score (nSPS) is 10.6. The second kappa shape index (κ2) is 7.08. The Morgan fingerprint density at radius 1 is 1.26 bits per heavy atom. The minimum atomic E-state index is -0.192. The van der Waals surface area contributed by atoms with Gasteiger partial charge in [-0.15, -0.1) is 0 Å². The number of amides is 2. The van der Waals surface area contributed by atoms with Crippen molar-refractivity contribution in [1.29, 1.82) is 0 Å². The van der Waals surface area contributed by atoms with Crippen molar-refractivity contribution in [2.45, 2.75) is 33.4 Å². The molecule has 0 aliphatic heterocycles. The Morgan fingerprint density at radius 2 is 2.00 bits per heavy atom. The topological polar surface area (TPSA) is 85.0 Å². The lowest BCUT2D eigenvalue weighted by Gasteiger charge is -2.13. The van der Waals surface area contributed by atoms with E-state index in [1.807, 2.05) is 20.0 Å². The van der Waals surface area contributed by atoms with Crippen LogP contribution in [-0.2, 0) is 17.9 Å². The highest BCUT2D eigenvalue weighted by molar-refractivity contribution is 6.02. The summed E-state index contributed by atoms with van der Waals surface area (Å²) in [5.74, 6) is -0.371. The Labute approximate surface area is 135 Å². The van der Waals surface area contributed by atoms with Crippen LogP contribution in [0.25, 0.3) is 0 Å². The lowest BCUT2D eigenvalue weighted by Crippen LogP contribution is -2.26. The van der Waals surface area contributed by atoms with E-state index in [0.717, 1.165) is 5.56 Å². The molecular weight excluding hydrogens is 296 g/mol. The summed E-state index contributed by atoms with van der Waals surface area (Å²) in [7, 11) is 3.34. The van der Waals surface area contributed by atoms with Crippen LogP contribution in [0.15, 0.2) is 18.6 Å². The van der Waals surface area contributed by atoms with Crippen LogP contribution in [0.3, 0.4) is 0 Å². The van der Waals surface area contributed by atoms with E-state index in [0.29, 0.717) is 24.5 Å². The number of nitrogens with one attached hydrogen (secondary N) is 1. The van der Waals surface area contributed by atoms with Crippen molar-refractivity contribution in [3.63, 3.8) is 0 Å². The molecule has 0 radical (unpaired) electrons. The molecule has 23 heavy (non-hydrogen) atoms. The first-order valence-corrected chi connectivity index (χ1v) is 7.48. The molecule has 0 aliphatic rings. The maximum absolute atomic E-state index is 12.3. The van der Waals surface area contributed by atoms with E-state index in [-0.39, 0.29) is 18.2 Å². The number of hydrogen-bond donors (Lipinski definition) is 1. The van der Waals surface area contributed by atoms with Crippen molar-refractivity contribution >= 4 is 17.5 Å². The van der Waals surface area contributed by atoms with Gasteiger partial charge in [0.15, 0.2) is 0 Å². The lowest BCUT2D eigenvalue weighted by atomic mass is 10.3. The first-order chi connectivity index (χ1) is 10.9. The van der Waals surface area contributed by atoms with E-state index in [9.17, 15) is 9.59 Å². The van der Waals surface area contributed by atoms with E-state index in [1.54, 1.807) is 29.7 Å². The number of aromatic nitrogens is 4. The number of hydrogen-bond acceptors (Lipinski definition) is 4. The summed E-state index contributed by atoms with van der Waals surface area (Å²) in [5, 5.41) is 11.1. The number of anilines is 1. The molecule has 2 aromatic heterocycles. The van der Waals surface area contributed by atoms with Crippen LogP contribution < -0.4 is 5.32 Å². The van der Waals surface area contributed by atoms with Gasteiger partial charge in [-0.1, -0.05) is 0 Å². The lowest BCUT2D eigenvalue weighted by molar-refractivity contribution is -0.116. The standard InChI is InChI=1S/C15H22N6O2/c1-5-21-14(15(23)19(3)4)12(9-17-21)18-13(22)6-7-20-10-11(2)8-16-20/h8-10H,5-7H2,1-4H3,(H,18,22). The summed E-state index contributed by atoms with van der Waals surface area (Å²) in [6, 6.07) is 0. The van der Waals surface area contributed by atoms with Crippen LogP contribution in [0.4, 0.5) is 5.69 Å². The van der Waals surface area contributed by atoms with Crippen LogP contribution in [0, 0.1) is 6.92 Å². The second-order valence-corrected chi connectivity index (χ2v) is 5.50. The van der Waals surface area contributed by atoms with Crippen molar-refractivity contribution in [3.8, 4) is 0 Å². The number of nitrogens with zero attached hydrogens (tertiary/aromatic N) is 5. The van der Waals surface area contributed by atoms with E-state index in [2.05, 4.69) is 15.5 Å². The molecule has 0 fully saturated rings. The molecular formula is C15H22N6O2. The predicted octanol–water partition coefficient (Wildman–Crippen LogP) is 1.14. The fraction of sp³-hybridized carbons (Fsp3) is 0.467. The smallest absolute Gasteiger partial charge is 0.273 e. The summed E-state index contributed by atoms with van der Waals surface area (Å²) >= 11 is 0. The third-order valence-electron chi connectivity index (χ3n) is 3.35. The van der Waals surface area contributed by atoms with Gasteiger partial charge in [-0.2, -0.15) is 10.2 Å². The van der Waals surface area contributed by atoms with Crippen LogP contribution >= 0.6 is 0 Å². The van der Waals surface area contributed by atoms with Crippen molar-refractivity contribution in [1.82, 2.24) is 24.5 Å². The van der Waals surface area contributed by atoms with Gasteiger partial charge < -0.3 is 10.2 Å². The molecule has 0 spiro atoms. The van der Waals surface area contributed by atoms with Gasteiger partial charge in [-0.25, -0.2) is 0 Å². The number of rotatable bonds is 6. The van der Waals surface area contributed by atoms with E-state index in [4.69, 9.17) is 0 Å². The monoisotopic (exact) mass is 318 g/mol. The summed E-state index contributed by atoms with van der Waals surface area (Å²) in [5.41, 5.74) is 1.88. The van der Waals surface area contributed by atoms with Gasteiger partial charge in [0.2, 0.25) is 5.91 Å². The number of carbonyl (C=O) groups is 2. The third-order valence-corrected chi connectivity index (χ3v) is 3.35. The molecule has 0 bridgehead atoms. The van der Waals surface area contributed by atoms with Crippen LogP contribution in [0.1, 0.15) is 29.4 Å². The first kappa shape index (κ1) is 16.7. The quantitative estimate of drug-likeness (QED) is 0.865. The molecule has 2 aromatic rings. The fourth-order valence-electron chi connectivity index (χ4n) is 2.17. The van der Waals surface area contributed by atoms with Crippen molar-refractivity contribution < 1.29 is 9.59 Å². The Balaban J connectivity index is 2.05. The molecule has 0 unspecified atom stereocenters. The molecule has 2 heterocycles. The average Bonchev–Trinajstić information content (AvgIpc) is 3.10. The molecule has 2 rings (SSSR count). The van der Waals surface area contributed by atoms with Crippen LogP contribution in [0.2, 0.25) is 0 Å². The van der Waals surface area contributed by atoms with Crippen molar-refractivity contribution in [2.24, 2.45) is 0 Å². The maximum atomic E-state index is 12.3. The third kappa shape index (κ3) is 3.97. The molecule has 124 valence electrons. The Bertz CT molecular complexity index is 701. The molecule has 8 nitrogen and oxygen atoms in total. The zero-order valence-corrected chi connectivity index (χ0v) is 13.9. The molecule has 0 atom stereocenters. The minimum Gasteiger partial charge on any atom is -0.343 e. The zero-order valence-electron chi connectivity index (χ0n) is 13.9. The largest absolute Gasteiger partial charge is 0.343 e. The summed E-state index contributed by atoms with van der Waals surface area (Å²) in [6.45, 7) is 4.88. The van der Waals surface area contributed by atoms with Crippen LogP contribution in [-0.4, -0.2) is 50.4 Å². The molecule has 0 saturated heterocycles. The molecule has 0 aliphatic carbocycles. The molecule has 0 aromatic carbocycles. The zero-order chi connectivity index (χ0) is 17.0. The summed E-state index contributed by atoms with van der Waals surface area (Å²) < 4.78 is 3.30. The highest BCUT2D eigenvalue weighted by Gasteiger charge is 2.20. The number of carbonyl (C=O) groups excluding carboxylic acids is 2. The van der Waals surface area contributed by atoms with Gasteiger partial charge in [0.05, 0.1) is 18.1 Å². The van der Waals surface area contributed by atoms with E-state index in [1.165, 1.54) is 11.1 Å². The Morgan fingerprint density at radius 3 is 2.57 bits per heavy atom. The predicted molar refractivity (Wildman–Crippen MR) is 86.1 cm³/mol. The van der Waals surface area contributed by atoms with Gasteiger partial charge in [0, 0.05) is 39.8 Å². The van der Waals surface area contributed by atoms with Gasteiger partial charge in [0.25, 0.3) is 5.91 Å². The van der Waals surface area contributed by atoms with E-state index < -0.39 is 0 Å². The minimum absolute atomic E-state index is 0.179. The first-order valence-electron chi connectivity index (χ1n) is 7.48. The molecule has 1 N–H and O–H groups in total. The van der Waals surface area contributed by atoms with Crippen molar-refractivity contribution in [2.75, 3.05) is 19.4 Å². The second-order valence-electron chi connectivity index (χ2n) is 5.50. The molecule has 8 heteroatoms.